The molecular formula is C17H24ClN. The molecule has 1 atom stereocenters. The van der Waals surface area contributed by atoms with Crippen LogP contribution in [0.15, 0.2) is 24.3 Å². The molecular weight excluding hydrogens is 254 g/mol. The number of hydrogen-bond donors (Lipinski definition) is 1. The van der Waals surface area contributed by atoms with E-state index in [0.29, 0.717) is 11.3 Å². The van der Waals surface area contributed by atoms with E-state index in [0.717, 1.165) is 11.6 Å². The summed E-state index contributed by atoms with van der Waals surface area (Å²) in [6.45, 7) is 2.34. The fraction of sp³-hybridized carbons (Fsp3) is 0.647. The molecule has 0 amide bonds. The molecule has 0 aromatic heterocycles. The van der Waals surface area contributed by atoms with Gasteiger partial charge in [-0.25, -0.2) is 0 Å². The van der Waals surface area contributed by atoms with Crippen LogP contribution in [0.5, 0.6) is 0 Å². The van der Waals surface area contributed by atoms with Gasteiger partial charge in [0.2, 0.25) is 0 Å². The van der Waals surface area contributed by atoms with Crippen LogP contribution in [0.25, 0.3) is 0 Å². The van der Waals surface area contributed by atoms with E-state index < -0.39 is 0 Å². The Morgan fingerprint density at radius 2 is 1.63 bits per heavy atom. The third-order valence-electron chi connectivity index (χ3n) is 5.26. The molecule has 1 aliphatic heterocycles. The Hall–Kier alpha value is -0.530. The van der Waals surface area contributed by atoms with Crippen molar-refractivity contribution >= 4 is 11.6 Å². The van der Waals surface area contributed by atoms with Crippen molar-refractivity contribution in [3.05, 3.63) is 34.9 Å². The lowest BCUT2D eigenvalue weighted by Crippen LogP contribution is -2.43. The first-order valence-electron chi connectivity index (χ1n) is 7.76. The second-order valence-corrected chi connectivity index (χ2v) is 6.77. The van der Waals surface area contributed by atoms with Gasteiger partial charge in [-0.2, -0.15) is 0 Å². The number of benzene rings is 1. The number of halogens is 1. The summed E-state index contributed by atoms with van der Waals surface area (Å²) >= 11 is 6.04. The zero-order valence-corrected chi connectivity index (χ0v) is 12.4. The first-order chi connectivity index (χ1) is 9.30. The van der Waals surface area contributed by atoms with Gasteiger partial charge in [-0.3, -0.25) is 0 Å². The maximum absolute atomic E-state index is 6.04. The summed E-state index contributed by atoms with van der Waals surface area (Å²) < 4.78 is 0. The van der Waals surface area contributed by atoms with Crippen LogP contribution >= 0.6 is 11.6 Å². The topological polar surface area (TPSA) is 12.0 Å². The van der Waals surface area contributed by atoms with Gasteiger partial charge in [0, 0.05) is 17.5 Å². The Bertz CT molecular complexity index is 404. The second-order valence-electron chi connectivity index (χ2n) is 6.33. The predicted molar refractivity (Wildman–Crippen MR) is 81.8 cm³/mol. The molecule has 1 saturated heterocycles. The summed E-state index contributed by atoms with van der Waals surface area (Å²) in [5, 5.41) is 4.46. The van der Waals surface area contributed by atoms with Gasteiger partial charge in [0.1, 0.15) is 0 Å². The van der Waals surface area contributed by atoms with Crippen LogP contribution in [0.4, 0.5) is 0 Å². The quantitative estimate of drug-likeness (QED) is 0.781. The van der Waals surface area contributed by atoms with Gasteiger partial charge in [0.05, 0.1) is 0 Å². The van der Waals surface area contributed by atoms with E-state index >= 15 is 0 Å². The SMILES string of the molecule is Clc1ccc(C2CNCCC23CCCCCC3)cc1. The third kappa shape index (κ3) is 2.83. The van der Waals surface area contributed by atoms with Crippen molar-refractivity contribution < 1.29 is 0 Å². The normalized spacial score (nSPS) is 27.1. The fourth-order valence-electron chi connectivity index (χ4n) is 4.17. The van der Waals surface area contributed by atoms with Crippen molar-refractivity contribution in [1.29, 1.82) is 0 Å². The van der Waals surface area contributed by atoms with Gasteiger partial charge in [-0.05, 0) is 48.9 Å². The number of nitrogens with one attached hydrogen (secondary N) is 1. The van der Waals surface area contributed by atoms with Crippen LogP contribution < -0.4 is 5.32 Å². The molecule has 2 fully saturated rings. The minimum absolute atomic E-state index is 0.551. The first-order valence-corrected chi connectivity index (χ1v) is 8.14. The molecule has 1 saturated carbocycles. The molecule has 0 bridgehead atoms. The second kappa shape index (κ2) is 5.85. The summed E-state index contributed by atoms with van der Waals surface area (Å²) in [5.74, 6) is 0.677. The Kier molecular flexibility index (Phi) is 4.14. The molecule has 2 aliphatic rings. The maximum Gasteiger partial charge on any atom is 0.0406 e. The summed E-state index contributed by atoms with van der Waals surface area (Å²) in [7, 11) is 0. The van der Waals surface area contributed by atoms with Crippen molar-refractivity contribution in [3.63, 3.8) is 0 Å². The van der Waals surface area contributed by atoms with E-state index in [1.807, 2.05) is 0 Å². The molecule has 1 nitrogen and oxygen atoms in total. The molecule has 1 unspecified atom stereocenters. The highest BCUT2D eigenvalue weighted by atomic mass is 35.5. The van der Waals surface area contributed by atoms with E-state index in [2.05, 4.69) is 29.6 Å². The van der Waals surface area contributed by atoms with E-state index in [4.69, 9.17) is 11.6 Å². The lowest BCUT2D eigenvalue weighted by Gasteiger charge is -2.45. The summed E-state index contributed by atoms with van der Waals surface area (Å²) in [4.78, 5) is 0. The van der Waals surface area contributed by atoms with E-state index in [1.165, 1.54) is 57.1 Å². The van der Waals surface area contributed by atoms with Crippen molar-refractivity contribution in [2.45, 2.75) is 50.9 Å². The number of piperidine rings is 1. The molecule has 2 heteroatoms. The Balaban J connectivity index is 1.89. The van der Waals surface area contributed by atoms with Gasteiger partial charge in [-0.1, -0.05) is 49.4 Å². The summed E-state index contributed by atoms with van der Waals surface area (Å²) in [6, 6.07) is 8.59. The van der Waals surface area contributed by atoms with E-state index in [9.17, 15) is 0 Å². The fourth-order valence-corrected chi connectivity index (χ4v) is 4.30. The van der Waals surface area contributed by atoms with Crippen molar-refractivity contribution in [2.24, 2.45) is 5.41 Å². The van der Waals surface area contributed by atoms with Crippen LogP contribution in [-0.2, 0) is 0 Å². The van der Waals surface area contributed by atoms with Crippen LogP contribution in [-0.4, -0.2) is 13.1 Å². The molecule has 19 heavy (non-hydrogen) atoms. The minimum atomic E-state index is 0.551. The van der Waals surface area contributed by atoms with Crippen molar-refractivity contribution in [2.75, 3.05) is 13.1 Å². The molecule has 3 rings (SSSR count). The van der Waals surface area contributed by atoms with Crippen LogP contribution in [0.1, 0.15) is 56.4 Å². The summed E-state index contributed by atoms with van der Waals surface area (Å²) in [6.07, 6.45) is 9.89. The Labute approximate surface area is 121 Å². The number of hydrogen-bond acceptors (Lipinski definition) is 1. The Morgan fingerprint density at radius 1 is 0.947 bits per heavy atom. The zero-order valence-electron chi connectivity index (χ0n) is 11.6. The molecule has 1 N–H and O–H groups in total. The van der Waals surface area contributed by atoms with Crippen LogP contribution in [0, 0.1) is 5.41 Å². The molecule has 0 radical (unpaired) electrons. The highest BCUT2D eigenvalue weighted by Gasteiger charge is 2.41. The number of rotatable bonds is 1. The predicted octanol–water partition coefficient (Wildman–Crippen LogP) is 4.76. The summed E-state index contributed by atoms with van der Waals surface area (Å²) in [5.41, 5.74) is 2.04. The molecule has 1 spiro atoms. The van der Waals surface area contributed by atoms with E-state index in [1.54, 1.807) is 0 Å². The lowest BCUT2D eigenvalue weighted by atomic mass is 9.64. The first kappa shape index (κ1) is 13.5. The van der Waals surface area contributed by atoms with Gasteiger partial charge in [0.25, 0.3) is 0 Å². The van der Waals surface area contributed by atoms with Gasteiger partial charge in [-0.15, -0.1) is 0 Å². The van der Waals surface area contributed by atoms with Gasteiger partial charge in [0.15, 0.2) is 0 Å². The molecule has 1 aliphatic carbocycles. The molecule has 104 valence electrons. The molecule has 1 aromatic carbocycles. The highest BCUT2D eigenvalue weighted by Crippen LogP contribution is 2.50. The van der Waals surface area contributed by atoms with Crippen molar-refractivity contribution in [1.82, 2.24) is 5.32 Å². The largest absolute Gasteiger partial charge is 0.316 e. The van der Waals surface area contributed by atoms with Crippen LogP contribution in [0.3, 0.4) is 0 Å². The minimum Gasteiger partial charge on any atom is -0.316 e. The standard InChI is InChI=1S/C17H24ClN/c18-15-7-5-14(6-8-15)16-13-19-12-11-17(16)9-3-1-2-4-10-17/h5-8,16,19H,1-4,9-13H2. The molecule has 1 heterocycles. The third-order valence-corrected chi connectivity index (χ3v) is 5.51. The Morgan fingerprint density at radius 3 is 2.32 bits per heavy atom. The maximum atomic E-state index is 6.04. The van der Waals surface area contributed by atoms with Gasteiger partial charge >= 0.3 is 0 Å². The molecule has 1 aromatic rings. The zero-order chi connectivity index (χ0) is 13.1. The lowest BCUT2D eigenvalue weighted by molar-refractivity contribution is 0.136. The monoisotopic (exact) mass is 277 g/mol. The van der Waals surface area contributed by atoms with E-state index in [-0.39, 0.29) is 0 Å². The average molecular weight is 278 g/mol. The highest BCUT2D eigenvalue weighted by molar-refractivity contribution is 6.30. The van der Waals surface area contributed by atoms with Gasteiger partial charge < -0.3 is 5.32 Å². The smallest absolute Gasteiger partial charge is 0.0406 e. The van der Waals surface area contributed by atoms with Crippen molar-refractivity contribution in [3.8, 4) is 0 Å². The van der Waals surface area contributed by atoms with Crippen LogP contribution in [0.2, 0.25) is 5.02 Å². The average Bonchev–Trinajstić information content (AvgIpc) is 2.67.